The molecule has 0 bridgehead atoms. The molecule has 1 amide bonds. The van der Waals surface area contributed by atoms with Gasteiger partial charge in [-0.3, -0.25) is 9.59 Å². The maximum absolute atomic E-state index is 13.6. The molecule has 1 aliphatic rings. The zero-order chi connectivity index (χ0) is 20.6. The Morgan fingerprint density at radius 2 is 1.64 bits per heavy atom. The van der Waals surface area contributed by atoms with E-state index in [0.29, 0.717) is 5.92 Å². The van der Waals surface area contributed by atoms with Crippen molar-refractivity contribution in [2.75, 3.05) is 5.32 Å². The second kappa shape index (κ2) is 11.0. The van der Waals surface area contributed by atoms with Gasteiger partial charge in [-0.25, -0.2) is 0 Å². The second-order valence-electron chi connectivity index (χ2n) is 8.61. The second-order valence-corrected chi connectivity index (χ2v) is 9.65. The first-order valence-corrected chi connectivity index (χ1v) is 11.9. The number of carbonyl (C=O) groups excluding carboxylic acids is 2. The third-order valence-corrected chi connectivity index (χ3v) is 7.44. The molecule has 2 rings (SSSR count). The molecule has 0 saturated heterocycles. The number of amides is 1. The fraction of sp³-hybridized carbons (Fsp3) is 0.667. The average molecular weight is 404 g/mol. The number of hydrogen-bond acceptors (Lipinski definition) is 3. The first-order valence-electron chi connectivity index (χ1n) is 11.0. The standard InChI is InChI=1S/C24H37NO2S/c1-5-19(6-2)17-24(15-11-7-8-12-16-24)23(27)25-20-13-9-10-14-21(20)28-22(26)18(3)4/h9-10,13-14,18-19H,5-8,11-12,15-17H2,1-4H3,(H,25,27). The van der Waals surface area contributed by atoms with E-state index < -0.39 is 0 Å². The Kier molecular flexibility index (Phi) is 9.07. The van der Waals surface area contributed by atoms with Gasteiger partial charge in [0, 0.05) is 16.2 Å². The van der Waals surface area contributed by atoms with Crippen molar-refractivity contribution < 1.29 is 9.59 Å². The van der Waals surface area contributed by atoms with Gasteiger partial charge in [-0.1, -0.05) is 78.4 Å². The Morgan fingerprint density at radius 3 is 2.21 bits per heavy atom. The molecule has 0 radical (unpaired) electrons. The van der Waals surface area contributed by atoms with E-state index in [2.05, 4.69) is 19.2 Å². The van der Waals surface area contributed by atoms with Crippen LogP contribution < -0.4 is 5.32 Å². The van der Waals surface area contributed by atoms with Gasteiger partial charge < -0.3 is 5.32 Å². The third-order valence-electron chi connectivity index (χ3n) is 6.19. The van der Waals surface area contributed by atoms with Crippen LogP contribution in [0.15, 0.2) is 29.2 Å². The zero-order valence-electron chi connectivity index (χ0n) is 18.1. The van der Waals surface area contributed by atoms with Gasteiger partial charge in [0.2, 0.25) is 5.91 Å². The third kappa shape index (κ3) is 6.10. The smallest absolute Gasteiger partial charge is 0.230 e. The summed E-state index contributed by atoms with van der Waals surface area (Å²) in [7, 11) is 0. The lowest BCUT2D eigenvalue weighted by Crippen LogP contribution is -2.38. The summed E-state index contributed by atoms with van der Waals surface area (Å²) in [5.74, 6) is 0.721. The lowest BCUT2D eigenvalue weighted by Gasteiger charge is -2.34. The van der Waals surface area contributed by atoms with E-state index in [4.69, 9.17) is 0 Å². The van der Waals surface area contributed by atoms with Crippen molar-refractivity contribution in [3.05, 3.63) is 24.3 Å². The van der Waals surface area contributed by atoms with Crippen LogP contribution in [0.4, 0.5) is 5.69 Å². The summed E-state index contributed by atoms with van der Waals surface area (Å²) in [6.07, 6.45) is 9.92. The van der Waals surface area contributed by atoms with Crippen LogP contribution in [0.3, 0.4) is 0 Å². The van der Waals surface area contributed by atoms with E-state index in [-0.39, 0.29) is 22.4 Å². The molecule has 1 saturated carbocycles. The van der Waals surface area contributed by atoms with Crippen molar-refractivity contribution in [2.24, 2.45) is 17.3 Å². The minimum Gasteiger partial charge on any atom is -0.325 e. The minimum atomic E-state index is -0.271. The van der Waals surface area contributed by atoms with Crippen LogP contribution in [0.25, 0.3) is 0 Å². The van der Waals surface area contributed by atoms with Gasteiger partial charge in [-0.2, -0.15) is 0 Å². The summed E-state index contributed by atoms with van der Waals surface area (Å²) in [6, 6.07) is 7.72. The van der Waals surface area contributed by atoms with Crippen LogP contribution in [0.1, 0.15) is 85.5 Å². The van der Waals surface area contributed by atoms with Crippen LogP contribution in [0.5, 0.6) is 0 Å². The number of rotatable bonds is 8. The fourth-order valence-corrected chi connectivity index (χ4v) is 5.03. The van der Waals surface area contributed by atoms with Crippen molar-refractivity contribution in [3.8, 4) is 0 Å². The first-order chi connectivity index (χ1) is 13.4. The molecule has 0 aliphatic heterocycles. The highest BCUT2D eigenvalue weighted by molar-refractivity contribution is 8.13. The van der Waals surface area contributed by atoms with E-state index in [1.807, 2.05) is 38.1 Å². The molecule has 0 atom stereocenters. The molecule has 1 aliphatic carbocycles. The molecular weight excluding hydrogens is 366 g/mol. The Morgan fingerprint density at radius 1 is 1.04 bits per heavy atom. The van der Waals surface area contributed by atoms with Gasteiger partial charge in [0.05, 0.1) is 5.69 Å². The molecule has 1 aromatic rings. The lowest BCUT2D eigenvalue weighted by molar-refractivity contribution is -0.127. The molecule has 3 nitrogen and oxygen atoms in total. The summed E-state index contributed by atoms with van der Waals surface area (Å²) >= 11 is 1.24. The molecule has 0 aromatic heterocycles. The van der Waals surface area contributed by atoms with E-state index in [9.17, 15) is 9.59 Å². The summed E-state index contributed by atoms with van der Waals surface area (Å²) in [5, 5.41) is 3.36. The van der Waals surface area contributed by atoms with E-state index in [1.165, 1.54) is 24.6 Å². The van der Waals surface area contributed by atoms with Crippen LogP contribution in [0, 0.1) is 17.3 Å². The minimum absolute atomic E-state index is 0.0307. The zero-order valence-corrected chi connectivity index (χ0v) is 18.9. The van der Waals surface area contributed by atoms with Crippen molar-refractivity contribution in [1.82, 2.24) is 0 Å². The lowest BCUT2D eigenvalue weighted by atomic mass is 9.71. The number of para-hydroxylation sites is 1. The number of thioether (sulfide) groups is 1. The van der Waals surface area contributed by atoms with Gasteiger partial charge in [-0.05, 0) is 49.1 Å². The van der Waals surface area contributed by atoms with E-state index >= 15 is 0 Å². The number of hydrogen-bond donors (Lipinski definition) is 1. The number of nitrogens with one attached hydrogen (secondary N) is 1. The summed E-state index contributed by atoms with van der Waals surface area (Å²) < 4.78 is 0. The fourth-order valence-electron chi connectivity index (χ4n) is 4.20. The molecule has 1 fully saturated rings. The van der Waals surface area contributed by atoms with Crippen LogP contribution in [-0.4, -0.2) is 11.0 Å². The van der Waals surface area contributed by atoms with Gasteiger partial charge in [-0.15, -0.1) is 0 Å². The van der Waals surface area contributed by atoms with Gasteiger partial charge >= 0.3 is 0 Å². The Balaban J connectivity index is 2.25. The molecular formula is C24H37NO2S. The predicted octanol–water partition coefficient (Wildman–Crippen LogP) is 7.07. The largest absolute Gasteiger partial charge is 0.325 e. The van der Waals surface area contributed by atoms with Crippen molar-refractivity contribution in [1.29, 1.82) is 0 Å². The van der Waals surface area contributed by atoms with Gasteiger partial charge in [0.1, 0.15) is 0 Å². The summed E-state index contributed by atoms with van der Waals surface area (Å²) in [4.78, 5) is 26.7. The predicted molar refractivity (Wildman–Crippen MR) is 120 cm³/mol. The Hall–Kier alpha value is -1.29. The molecule has 28 heavy (non-hydrogen) atoms. The highest BCUT2D eigenvalue weighted by atomic mass is 32.2. The van der Waals surface area contributed by atoms with Crippen LogP contribution in [0.2, 0.25) is 0 Å². The maximum Gasteiger partial charge on any atom is 0.230 e. The molecule has 156 valence electrons. The van der Waals surface area contributed by atoms with E-state index in [0.717, 1.165) is 55.5 Å². The number of benzene rings is 1. The van der Waals surface area contributed by atoms with Gasteiger partial charge in [0.25, 0.3) is 0 Å². The van der Waals surface area contributed by atoms with Crippen molar-refractivity contribution in [3.63, 3.8) is 0 Å². The van der Waals surface area contributed by atoms with Crippen molar-refractivity contribution >= 4 is 28.5 Å². The highest BCUT2D eigenvalue weighted by Crippen LogP contribution is 2.43. The van der Waals surface area contributed by atoms with Gasteiger partial charge in [0.15, 0.2) is 5.12 Å². The number of carbonyl (C=O) groups is 2. The van der Waals surface area contributed by atoms with Crippen molar-refractivity contribution in [2.45, 2.75) is 90.4 Å². The topological polar surface area (TPSA) is 46.2 Å². The Bertz CT molecular complexity index is 644. The molecule has 1 N–H and O–H groups in total. The molecule has 1 aromatic carbocycles. The molecule has 0 heterocycles. The molecule has 0 spiro atoms. The Labute approximate surface area is 175 Å². The normalized spacial score (nSPS) is 16.8. The van der Waals surface area contributed by atoms with Crippen LogP contribution >= 0.6 is 11.8 Å². The highest BCUT2D eigenvalue weighted by Gasteiger charge is 2.40. The molecule has 0 unspecified atom stereocenters. The summed E-state index contributed by atoms with van der Waals surface area (Å²) in [6.45, 7) is 8.29. The van der Waals surface area contributed by atoms with E-state index in [1.54, 1.807) is 0 Å². The monoisotopic (exact) mass is 403 g/mol. The SMILES string of the molecule is CCC(CC)CC1(C(=O)Nc2ccccc2SC(=O)C(C)C)CCCCCC1. The molecule has 4 heteroatoms. The summed E-state index contributed by atoms with van der Waals surface area (Å²) in [5.41, 5.74) is 0.507. The number of anilines is 1. The average Bonchev–Trinajstić information content (AvgIpc) is 2.94. The quantitative estimate of drug-likeness (QED) is 0.373. The first kappa shape index (κ1) is 23.0. The van der Waals surface area contributed by atoms with Crippen LogP contribution in [-0.2, 0) is 9.59 Å². The maximum atomic E-state index is 13.6.